The standard InChI is InChI=1S/C40H43N3O5S2/c1-6-48-40(47)35-32-20-15-25(4)21-34(32)50-39(35)43-36(44)26(5)49-31-14-10-13-30(23-31)41-38(46)33(42-37(45)29-11-8-7-9-12-29)22-27-16-18-28(19-17-27)24(2)3/h7-14,16-19,22-26H,6,15,20-21H2,1-5H3,(H,41,46)(H,42,45)(H,43,44)/b33-22+. The summed E-state index contributed by atoms with van der Waals surface area (Å²) in [5.74, 6) is -0.650. The van der Waals surface area contributed by atoms with Crippen molar-refractivity contribution in [3.63, 3.8) is 0 Å². The highest BCUT2D eigenvalue weighted by atomic mass is 32.2. The largest absolute Gasteiger partial charge is 0.462 e. The highest BCUT2D eigenvalue weighted by Crippen LogP contribution is 2.40. The number of amides is 3. The maximum atomic E-state index is 13.6. The number of esters is 1. The molecule has 0 radical (unpaired) electrons. The number of anilines is 2. The lowest BCUT2D eigenvalue weighted by Gasteiger charge is -2.18. The first-order chi connectivity index (χ1) is 24.0. The SMILES string of the molecule is CCOC(=O)c1c(NC(=O)C(C)Sc2cccc(NC(=O)/C(=C\c3ccc(C(C)C)cc3)NC(=O)c3ccccc3)c2)sc2c1CCC(C)C2. The Morgan fingerprint density at radius 3 is 2.40 bits per heavy atom. The Morgan fingerprint density at radius 2 is 1.70 bits per heavy atom. The second kappa shape index (κ2) is 16.8. The van der Waals surface area contributed by atoms with Crippen molar-refractivity contribution < 1.29 is 23.9 Å². The number of rotatable bonds is 12. The van der Waals surface area contributed by atoms with Crippen LogP contribution >= 0.6 is 23.1 Å². The summed E-state index contributed by atoms with van der Waals surface area (Å²) >= 11 is 2.80. The number of carbonyl (C=O) groups excluding carboxylic acids is 4. The fraction of sp³-hybridized carbons (Fsp3) is 0.300. The van der Waals surface area contributed by atoms with Crippen molar-refractivity contribution in [1.29, 1.82) is 0 Å². The second-order valence-corrected chi connectivity index (χ2v) is 15.2. The molecule has 0 fully saturated rings. The number of benzene rings is 3. The van der Waals surface area contributed by atoms with E-state index in [1.807, 2.05) is 36.4 Å². The Bertz CT molecular complexity index is 1880. The molecule has 0 saturated carbocycles. The van der Waals surface area contributed by atoms with E-state index in [-0.39, 0.29) is 18.2 Å². The lowest BCUT2D eigenvalue weighted by atomic mass is 9.88. The molecule has 50 heavy (non-hydrogen) atoms. The van der Waals surface area contributed by atoms with Crippen LogP contribution in [0.4, 0.5) is 10.7 Å². The molecule has 0 saturated heterocycles. The molecule has 0 aliphatic heterocycles. The summed E-state index contributed by atoms with van der Waals surface area (Å²) in [6.07, 6.45) is 4.31. The van der Waals surface area contributed by atoms with Gasteiger partial charge in [0, 0.05) is 21.0 Å². The summed E-state index contributed by atoms with van der Waals surface area (Å²) in [6, 6.07) is 23.8. The highest BCUT2D eigenvalue weighted by molar-refractivity contribution is 8.00. The number of ether oxygens (including phenoxy) is 1. The first kappa shape index (κ1) is 36.6. The van der Waals surface area contributed by atoms with Crippen LogP contribution < -0.4 is 16.0 Å². The van der Waals surface area contributed by atoms with Crippen LogP contribution in [0, 0.1) is 5.92 Å². The minimum Gasteiger partial charge on any atom is -0.462 e. The number of thioether (sulfide) groups is 1. The summed E-state index contributed by atoms with van der Waals surface area (Å²) in [5.41, 5.74) is 4.43. The van der Waals surface area contributed by atoms with E-state index in [0.29, 0.717) is 33.7 Å². The van der Waals surface area contributed by atoms with Crippen molar-refractivity contribution in [2.24, 2.45) is 5.92 Å². The minimum absolute atomic E-state index is 0.0902. The fourth-order valence-electron chi connectivity index (χ4n) is 5.66. The van der Waals surface area contributed by atoms with Gasteiger partial charge in [-0.1, -0.05) is 69.3 Å². The molecule has 1 aliphatic rings. The average Bonchev–Trinajstić information content (AvgIpc) is 3.45. The third-order valence-electron chi connectivity index (χ3n) is 8.44. The van der Waals surface area contributed by atoms with Gasteiger partial charge in [-0.05, 0) is 98.0 Å². The first-order valence-electron chi connectivity index (χ1n) is 16.9. The van der Waals surface area contributed by atoms with Gasteiger partial charge in [-0.15, -0.1) is 23.1 Å². The van der Waals surface area contributed by atoms with Gasteiger partial charge < -0.3 is 20.7 Å². The fourth-order valence-corrected chi connectivity index (χ4v) is 7.99. The van der Waals surface area contributed by atoms with E-state index < -0.39 is 23.0 Å². The van der Waals surface area contributed by atoms with Crippen molar-refractivity contribution in [3.8, 4) is 0 Å². The zero-order valence-corrected chi connectivity index (χ0v) is 30.6. The summed E-state index contributed by atoms with van der Waals surface area (Å²) in [4.78, 5) is 55.0. The molecule has 0 spiro atoms. The van der Waals surface area contributed by atoms with Gasteiger partial charge in [0.25, 0.3) is 11.8 Å². The van der Waals surface area contributed by atoms with Gasteiger partial charge in [0.05, 0.1) is 17.4 Å². The van der Waals surface area contributed by atoms with E-state index in [4.69, 9.17) is 4.74 Å². The number of carbonyl (C=O) groups is 4. The molecule has 1 aliphatic carbocycles. The molecule has 4 aromatic rings. The van der Waals surface area contributed by atoms with Gasteiger partial charge >= 0.3 is 5.97 Å². The van der Waals surface area contributed by atoms with Crippen LogP contribution in [-0.2, 0) is 27.2 Å². The molecule has 8 nitrogen and oxygen atoms in total. The van der Waals surface area contributed by atoms with Crippen molar-refractivity contribution in [1.82, 2.24) is 5.32 Å². The van der Waals surface area contributed by atoms with Crippen molar-refractivity contribution >= 4 is 63.6 Å². The Balaban J connectivity index is 1.30. The number of nitrogens with one attached hydrogen (secondary N) is 3. The molecule has 3 amide bonds. The van der Waals surface area contributed by atoms with Crippen LogP contribution in [0.5, 0.6) is 0 Å². The normalized spacial score (nSPS) is 14.8. The van der Waals surface area contributed by atoms with Gasteiger partial charge in [0.15, 0.2) is 0 Å². The smallest absolute Gasteiger partial charge is 0.341 e. The van der Waals surface area contributed by atoms with Gasteiger partial charge in [-0.25, -0.2) is 4.79 Å². The van der Waals surface area contributed by atoms with Crippen LogP contribution in [0.25, 0.3) is 6.08 Å². The molecule has 0 bridgehead atoms. The molecule has 10 heteroatoms. The highest BCUT2D eigenvalue weighted by Gasteiger charge is 2.30. The Morgan fingerprint density at radius 1 is 0.960 bits per heavy atom. The molecule has 260 valence electrons. The van der Waals surface area contributed by atoms with E-state index in [0.717, 1.165) is 40.2 Å². The van der Waals surface area contributed by atoms with Crippen LogP contribution in [-0.4, -0.2) is 35.5 Å². The van der Waals surface area contributed by atoms with Gasteiger partial charge in [-0.3, -0.25) is 14.4 Å². The monoisotopic (exact) mass is 709 g/mol. The predicted octanol–water partition coefficient (Wildman–Crippen LogP) is 8.70. The van der Waals surface area contributed by atoms with Crippen LogP contribution in [0.1, 0.15) is 89.2 Å². The maximum Gasteiger partial charge on any atom is 0.341 e. The third-order valence-corrected chi connectivity index (χ3v) is 10.7. The first-order valence-corrected chi connectivity index (χ1v) is 18.6. The van der Waals surface area contributed by atoms with E-state index in [2.05, 4.69) is 36.7 Å². The van der Waals surface area contributed by atoms with Crippen LogP contribution in [0.15, 0.2) is 89.5 Å². The molecule has 3 N–H and O–H groups in total. The summed E-state index contributed by atoms with van der Waals surface area (Å²) in [5, 5.41) is 8.73. The Hall–Kier alpha value is -4.67. The zero-order chi connectivity index (χ0) is 35.8. The van der Waals surface area contributed by atoms with Crippen LogP contribution in [0.3, 0.4) is 0 Å². The van der Waals surface area contributed by atoms with Crippen molar-refractivity contribution in [2.45, 2.75) is 69.9 Å². The third kappa shape index (κ3) is 9.31. The van der Waals surface area contributed by atoms with Crippen molar-refractivity contribution in [2.75, 3.05) is 17.2 Å². The summed E-state index contributed by atoms with van der Waals surface area (Å²) < 4.78 is 5.36. The quantitative estimate of drug-likeness (QED) is 0.0771. The van der Waals surface area contributed by atoms with Crippen molar-refractivity contribution in [3.05, 3.63) is 117 Å². The van der Waals surface area contributed by atoms with E-state index in [1.165, 1.54) is 28.7 Å². The minimum atomic E-state index is -0.511. The molecule has 3 aromatic carbocycles. The van der Waals surface area contributed by atoms with Gasteiger partial charge in [0.1, 0.15) is 10.7 Å². The Labute approximate surface area is 302 Å². The predicted molar refractivity (Wildman–Crippen MR) is 203 cm³/mol. The van der Waals surface area contributed by atoms with E-state index in [9.17, 15) is 19.2 Å². The van der Waals surface area contributed by atoms with Crippen LogP contribution in [0.2, 0.25) is 0 Å². The average molecular weight is 710 g/mol. The topological polar surface area (TPSA) is 114 Å². The molecule has 2 atom stereocenters. The molecule has 1 aromatic heterocycles. The number of hydrogen-bond donors (Lipinski definition) is 3. The lowest BCUT2D eigenvalue weighted by molar-refractivity contribution is -0.115. The molecule has 5 rings (SSSR count). The maximum absolute atomic E-state index is 13.6. The van der Waals surface area contributed by atoms with Gasteiger partial charge in [-0.2, -0.15) is 0 Å². The molecule has 2 unspecified atom stereocenters. The number of fused-ring (bicyclic) bond motifs is 1. The Kier molecular flexibility index (Phi) is 12.3. The second-order valence-electron chi connectivity index (χ2n) is 12.7. The summed E-state index contributed by atoms with van der Waals surface area (Å²) in [7, 11) is 0. The van der Waals surface area contributed by atoms with E-state index in [1.54, 1.807) is 62.4 Å². The zero-order valence-electron chi connectivity index (χ0n) is 29.0. The lowest BCUT2D eigenvalue weighted by Crippen LogP contribution is -2.30. The summed E-state index contributed by atoms with van der Waals surface area (Å²) in [6.45, 7) is 10.3. The molecular weight excluding hydrogens is 667 g/mol. The van der Waals surface area contributed by atoms with E-state index >= 15 is 0 Å². The number of thiophene rings is 1. The molecular formula is C40H43N3O5S2. The van der Waals surface area contributed by atoms with Gasteiger partial charge in [0.2, 0.25) is 5.91 Å². The number of hydrogen-bond acceptors (Lipinski definition) is 7. The molecule has 1 heterocycles.